The standard InChI is InChI=1S/C19H19NO4.C4H4O4/c1-2-16-19(24-10-21-16)14-8-20-4-3-12-6-17-18(23-9-22-17)7-13(12)15(20)5-11(1)14;5-3(6)1-2-4(7)8/h1-2,6-7,11,14-15H,3-5,8-10H2;1-2H,(H,5,6)(H,7,8)/b;2-1+/t11?,14?,15-;/m1./s1. The molecule has 1 aromatic carbocycles. The van der Waals surface area contributed by atoms with Crippen LogP contribution in [0.4, 0.5) is 0 Å². The molecule has 6 rings (SSSR count). The largest absolute Gasteiger partial charge is 0.478 e. The lowest BCUT2D eigenvalue weighted by Crippen LogP contribution is -2.46. The summed E-state index contributed by atoms with van der Waals surface area (Å²) in [7, 11) is 0. The summed E-state index contributed by atoms with van der Waals surface area (Å²) in [4.78, 5) is 21.7. The fraction of sp³-hybridized carbons (Fsp3) is 0.391. The van der Waals surface area contributed by atoms with Gasteiger partial charge in [0.2, 0.25) is 13.6 Å². The SMILES string of the molecule is C1=CC2C[C@@H]3c4cc5c(cc4CCN3CC2C2=C1OCO2)OCO5.O=C(O)/C=C/C(=O)O. The van der Waals surface area contributed by atoms with Crippen LogP contribution >= 0.6 is 0 Å². The summed E-state index contributed by atoms with van der Waals surface area (Å²) in [6.45, 7) is 2.84. The highest BCUT2D eigenvalue weighted by molar-refractivity contribution is 5.89. The van der Waals surface area contributed by atoms with Crippen LogP contribution in [0.1, 0.15) is 23.6 Å². The van der Waals surface area contributed by atoms with Crippen LogP contribution in [0.5, 0.6) is 11.5 Å². The Morgan fingerprint density at radius 2 is 1.72 bits per heavy atom. The van der Waals surface area contributed by atoms with Gasteiger partial charge in [-0.2, -0.15) is 0 Å². The number of rotatable bonds is 2. The quantitative estimate of drug-likeness (QED) is 0.668. The number of allylic oxidation sites excluding steroid dienone is 2. The minimum Gasteiger partial charge on any atom is -0.478 e. The van der Waals surface area contributed by atoms with Crippen LogP contribution in [0.2, 0.25) is 0 Å². The molecule has 0 radical (unpaired) electrons. The number of fused-ring (bicyclic) bond motifs is 6. The summed E-state index contributed by atoms with van der Waals surface area (Å²) in [6, 6.07) is 4.85. The van der Waals surface area contributed by atoms with Crippen molar-refractivity contribution >= 4 is 11.9 Å². The van der Waals surface area contributed by atoms with Crippen LogP contribution in [0.25, 0.3) is 0 Å². The third-order valence-electron chi connectivity index (χ3n) is 6.42. The van der Waals surface area contributed by atoms with Crippen molar-refractivity contribution < 1.29 is 38.7 Å². The van der Waals surface area contributed by atoms with Crippen LogP contribution in [0.15, 0.2) is 48.0 Å². The molecule has 1 saturated heterocycles. The molecule has 0 saturated carbocycles. The number of piperidine rings is 1. The van der Waals surface area contributed by atoms with E-state index in [1.165, 1.54) is 11.1 Å². The van der Waals surface area contributed by atoms with Gasteiger partial charge >= 0.3 is 11.9 Å². The molecule has 1 fully saturated rings. The zero-order valence-corrected chi connectivity index (χ0v) is 17.2. The summed E-state index contributed by atoms with van der Waals surface area (Å²) in [5, 5.41) is 15.6. The Balaban J connectivity index is 0.000000235. The van der Waals surface area contributed by atoms with Gasteiger partial charge in [0.1, 0.15) is 5.76 Å². The molecule has 3 atom stereocenters. The molecular formula is C23H23NO8. The van der Waals surface area contributed by atoms with E-state index in [0.29, 0.717) is 43.6 Å². The van der Waals surface area contributed by atoms with Gasteiger partial charge in [-0.1, -0.05) is 6.08 Å². The van der Waals surface area contributed by atoms with E-state index in [2.05, 4.69) is 29.2 Å². The minimum atomic E-state index is -1.26. The van der Waals surface area contributed by atoms with Crippen molar-refractivity contribution in [3.63, 3.8) is 0 Å². The van der Waals surface area contributed by atoms with Crippen molar-refractivity contribution in [2.45, 2.75) is 18.9 Å². The van der Waals surface area contributed by atoms with Gasteiger partial charge in [-0.15, -0.1) is 0 Å². The van der Waals surface area contributed by atoms with Crippen molar-refractivity contribution in [3.05, 3.63) is 59.1 Å². The van der Waals surface area contributed by atoms with Gasteiger partial charge < -0.3 is 29.2 Å². The summed E-state index contributed by atoms with van der Waals surface area (Å²) in [5.41, 5.74) is 2.83. The predicted molar refractivity (Wildman–Crippen MR) is 110 cm³/mol. The van der Waals surface area contributed by atoms with Gasteiger partial charge in [-0.05, 0) is 48.1 Å². The number of hydrogen-bond donors (Lipinski definition) is 2. The third-order valence-corrected chi connectivity index (χ3v) is 6.42. The third kappa shape index (κ3) is 3.80. The molecule has 4 aliphatic heterocycles. The van der Waals surface area contributed by atoms with Crippen LogP contribution in [0, 0.1) is 11.8 Å². The fourth-order valence-corrected chi connectivity index (χ4v) is 5.01. The Hall–Kier alpha value is -3.46. The van der Waals surface area contributed by atoms with E-state index in [-0.39, 0.29) is 0 Å². The first-order valence-corrected chi connectivity index (χ1v) is 10.5. The molecule has 0 amide bonds. The first-order chi connectivity index (χ1) is 15.5. The molecule has 0 spiro atoms. The Morgan fingerprint density at radius 3 is 2.47 bits per heavy atom. The lowest BCUT2D eigenvalue weighted by molar-refractivity contribution is -0.134. The summed E-state index contributed by atoms with van der Waals surface area (Å²) < 4.78 is 22.5. The topological polar surface area (TPSA) is 115 Å². The maximum Gasteiger partial charge on any atom is 0.328 e. The average molecular weight is 441 g/mol. The molecule has 1 aromatic rings. The molecule has 5 aliphatic rings. The second kappa shape index (κ2) is 8.23. The highest BCUT2D eigenvalue weighted by Gasteiger charge is 2.43. The molecule has 2 N–H and O–H groups in total. The zero-order valence-electron chi connectivity index (χ0n) is 17.2. The number of aliphatic carboxylic acids is 2. The molecule has 0 aromatic heterocycles. The zero-order chi connectivity index (χ0) is 22.2. The van der Waals surface area contributed by atoms with Crippen molar-refractivity contribution in [2.75, 3.05) is 26.7 Å². The molecule has 1 aliphatic carbocycles. The van der Waals surface area contributed by atoms with Gasteiger partial charge in [0.25, 0.3) is 0 Å². The van der Waals surface area contributed by atoms with Crippen molar-refractivity contribution in [1.29, 1.82) is 0 Å². The van der Waals surface area contributed by atoms with Crippen molar-refractivity contribution in [1.82, 2.24) is 4.90 Å². The molecule has 9 heteroatoms. The van der Waals surface area contributed by atoms with Crippen LogP contribution in [0.3, 0.4) is 0 Å². The van der Waals surface area contributed by atoms with Crippen LogP contribution < -0.4 is 9.47 Å². The second-order valence-corrected chi connectivity index (χ2v) is 8.18. The Bertz CT molecular complexity index is 1030. The van der Waals surface area contributed by atoms with Gasteiger partial charge in [-0.3, -0.25) is 4.90 Å². The number of carbonyl (C=O) groups is 2. The molecule has 32 heavy (non-hydrogen) atoms. The average Bonchev–Trinajstić information content (AvgIpc) is 3.44. The van der Waals surface area contributed by atoms with Crippen LogP contribution in [-0.2, 0) is 25.5 Å². The number of benzene rings is 1. The number of nitrogens with zero attached hydrogens (tertiary/aromatic N) is 1. The monoisotopic (exact) mass is 441 g/mol. The molecule has 2 unspecified atom stereocenters. The van der Waals surface area contributed by atoms with E-state index in [4.69, 9.17) is 29.2 Å². The lowest BCUT2D eigenvalue weighted by atomic mass is 9.74. The maximum absolute atomic E-state index is 9.55. The number of carboxylic acids is 2. The number of ether oxygens (including phenoxy) is 4. The van der Waals surface area contributed by atoms with Crippen molar-refractivity contribution in [3.8, 4) is 11.5 Å². The van der Waals surface area contributed by atoms with E-state index in [0.717, 1.165) is 48.9 Å². The summed E-state index contributed by atoms with van der Waals surface area (Å²) in [5.74, 6) is 2.24. The first-order valence-electron chi connectivity index (χ1n) is 10.5. The normalized spacial score (nSPS) is 26.7. The molecule has 9 nitrogen and oxygen atoms in total. The smallest absolute Gasteiger partial charge is 0.328 e. The predicted octanol–water partition coefficient (Wildman–Crippen LogP) is 2.45. The molecule has 0 bridgehead atoms. The number of carboxylic acid groups (broad SMARTS) is 2. The Morgan fingerprint density at radius 1 is 1.00 bits per heavy atom. The maximum atomic E-state index is 9.55. The fourth-order valence-electron chi connectivity index (χ4n) is 5.01. The Labute approximate surface area is 184 Å². The molecule has 168 valence electrons. The highest BCUT2D eigenvalue weighted by Crippen LogP contribution is 2.49. The Kier molecular flexibility index (Phi) is 5.26. The second-order valence-electron chi connectivity index (χ2n) is 8.18. The van der Waals surface area contributed by atoms with Crippen molar-refractivity contribution in [2.24, 2.45) is 11.8 Å². The minimum absolute atomic E-state index is 0.342. The van der Waals surface area contributed by atoms with Gasteiger partial charge in [-0.25, -0.2) is 9.59 Å². The van der Waals surface area contributed by atoms with E-state index >= 15 is 0 Å². The van der Waals surface area contributed by atoms with Gasteiger partial charge in [0.15, 0.2) is 17.3 Å². The first kappa shape index (κ1) is 20.4. The van der Waals surface area contributed by atoms with E-state index in [1.54, 1.807) is 0 Å². The summed E-state index contributed by atoms with van der Waals surface area (Å²) in [6.07, 6.45) is 7.72. The highest BCUT2D eigenvalue weighted by atomic mass is 16.7. The van der Waals surface area contributed by atoms with Crippen LogP contribution in [-0.4, -0.2) is 53.7 Å². The van der Waals surface area contributed by atoms with E-state index < -0.39 is 11.9 Å². The molecule has 4 heterocycles. The van der Waals surface area contributed by atoms with E-state index in [9.17, 15) is 9.59 Å². The molecular weight excluding hydrogens is 418 g/mol. The lowest BCUT2D eigenvalue weighted by Gasteiger charge is -2.47. The summed E-state index contributed by atoms with van der Waals surface area (Å²) >= 11 is 0. The van der Waals surface area contributed by atoms with Gasteiger partial charge in [0.05, 0.1) is 0 Å². The van der Waals surface area contributed by atoms with Gasteiger partial charge in [0, 0.05) is 37.2 Å². The number of hydrogen-bond acceptors (Lipinski definition) is 7. The van der Waals surface area contributed by atoms with E-state index in [1.807, 2.05) is 0 Å².